The van der Waals surface area contributed by atoms with Crippen molar-refractivity contribution < 1.29 is 4.79 Å². The number of hydrogen-bond donors (Lipinski definition) is 2. The minimum atomic E-state index is -0.0549. The third-order valence-electron chi connectivity index (χ3n) is 2.62. The Hall–Kier alpha value is -1.81. The standard InChI is InChI=1S/C15H15BrN2O/c1-11(19)18-15-6-2-12(3-7-15)10-17-14-8-4-13(16)5-9-14/h2-9,17H,10H2,1H3,(H,18,19). The molecule has 2 aromatic carbocycles. The van der Waals surface area contributed by atoms with Gasteiger partial charge in [-0.05, 0) is 42.0 Å². The predicted molar refractivity (Wildman–Crippen MR) is 82.2 cm³/mol. The zero-order valence-corrected chi connectivity index (χ0v) is 12.2. The molecule has 0 aliphatic carbocycles. The molecule has 0 spiro atoms. The van der Waals surface area contributed by atoms with E-state index in [4.69, 9.17) is 0 Å². The summed E-state index contributed by atoms with van der Waals surface area (Å²) in [4.78, 5) is 10.9. The van der Waals surface area contributed by atoms with Gasteiger partial charge in [0.2, 0.25) is 5.91 Å². The highest BCUT2D eigenvalue weighted by Gasteiger charge is 1.97. The summed E-state index contributed by atoms with van der Waals surface area (Å²) in [7, 11) is 0. The van der Waals surface area contributed by atoms with Crippen LogP contribution in [-0.2, 0) is 11.3 Å². The van der Waals surface area contributed by atoms with Gasteiger partial charge in [0.15, 0.2) is 0 Å². The first-order valence-electron chi connectivity index (χ1n) is 5.99. The Kier molecular flexibility index (Phi) is 4.58. The summed E-state index contributed by atoms with van der Waals surface area (Å²) < 4.78 is 1.07. The predicted octanol–water partition coefficient (Wildman–Crippen LogP) is 4.02. The molecule has 2 rings (SSSR count). The molecule has 4 heteroatoms. The maximum atomic E-state index is 10.9. The SMILES string of the molecule is CC(=O)Nc1ccc(CNc2ccc(Br)cc2)cc1. The number of hydrogen-bond acceptors (Lipinski definition) is 2. The normalized spacial score (nSPS) is 10.0. The lowest BCUT2D eigenvalue weighted by molar-refractivity contribution is -0.114. The van der Waals surface area contributed by atoms with Crippen LogP contribution in [0.3, 0.4) is 0 Å². The summed E-state index contributed by atoms with van der Waals surface area (Å²) in [5.74, 6) is -0.0549. The molecular weight excluding hydrogens is 304 g/mol. The van der Waals surface area contributed by atoms with Crippen molar-refractivity contribution in [2.75, 3.05) is 10.6 Å². The van der Waals surface area contributed by atoms with E-state index in [1.807, 2.05) is 48.5 Å². The van der Waals surface area contributed by atoms with E-state index in [-0.39, 0.29) is 5.91 Å². The fraction of sp³-hybridized carbons (Fsp3) is 0.133. The topological polar surface area (TPSA) is 41.1 Å². The minimum Gasteiger partial charge on any atom is -0.381 e. The lowest BCUT2D eigenvalue weighted by atomic mass is 10.2. The van der Waals surface area contributed by atoms with Gasteiger partial charge in [-0.1, -0.05) is 28.1 Å². The zero-order chi connectivity index (χ0) is 13.7. The van der Waals surface area contributed by atoms with Gasteiger partial charge in [-0.15, -0.1) is 0 Å². The van der Waals surface area contributed by atoms with E-state index < -0.39 is 0 Å². The molecule has 0 fully saturated rings. The Morgan fingerprint density at radius 3 is 2.16 bits per heavy atom. The minimum absolute atomic E-state index is 0.0549. The van der Waals surface area contributed by atoms with Crippen molar-refractivity contribution in [2.45, 2.75) is 13.5 Å². The molecule has 98 valence electrons. The molecule has 0 aliphatic rings. The van der Waals surface area contributed by atoms with Gasteiger partial charge in [-0.3, -0.25) is 4.79 Å². The highest BCUT2D eigenvalue weighted by molar-refractivity contribution is 9.10. The smallest absolute Gasteiger partial charge is 0.221 e. The van der Waals surface area contributed by atoms with Crippen LogP contribution in [-0.4, -0.2) is 5.91 Å². The molecule has 0 aromatic heterocycles. The van der Waals surface area contributed by atoms with Gasteiger partial charge in [-0.25, -0.2) is 0 Å². The molecule has 0 saturated heterocycles. The van der Waals surface area contributed by atoms with E-state index in [1.165, 1.54) is 6.92 Å². The second kappa shape index (κ2) is 6.38. The Bertz CT molecular complexity index is 549. The second-order valence-corrected chi connectivity index (χ2v) is 5.15. The molecule has 0 bridgehead atoms. The third kappa shape index (κ3) is 4.41. The summed E-state index contributed by atoms with van der Waals surface area (Å²) in [6.45, 7) is 2.25. The largest absolute Gasteiger partial charge is 0.381 e. The van der Waals surface area contributed by atoms with Crippen molar-refractivity contribution in [1.82, 2.24) is 0 Å². The Balaban J connectivity index is 1.92. The van der Waals surface area contributed by atoms with Crippen LogP contribution >= 0.6 is 15.9 Å². The van der Waals surface area contributed by atoms with Gasteiger partial charge in [0.1, 0.15) is 0 Å². The van der Waals surface area contributed by atoms with Gasteiger partial charge >= 0.3 is 0 Å². The Morgan fingerprint density at radius 2 is 1.58 bits per heavy atom. The van der Waals surface area contributed by atoms with E-state index in [1.54, 1.807) is 0 Å². The summed E-state index contributed by atoms with van der Waals surface area (Å²) in [6.07, 6.45) is 0. The molecule has 1 amide bonds. The maximum Gasteiger partial charge on any atom is 0.221 e. The number of rotatable bonds is 4. The molecule has 0 radical (unpaired) electrons. The molecule has 0 saturated carbocycles. The average Bonchev–Trinajstić information content (AvgIpc) is 2.39. The Labute approximate surface area is 121 Å². The number of carbonyl (C=O) groups is 1. The maximum absolute atomic E-state index is 10.9. The molecule has 0 unspecified atom stereocenters. The van der Waals surface area contributed by atoms with E-state index in [9.17, 15) is 4.79 Å². The summed E-state index contributed by atoms with van der Waals surface area (Å²) in [5, 5.41) is 6.09. The van der Waals surface area contributed by atoms with Gasteiger partial charge in [0.05, 0.1) is 0 Å². The molecule has 3 nitrogen and oxygen atoms in total. The van der Waals surface area contributed by atoms with Crippen molar-refractivity contribution in [2.24, 2.45) is 0 Å². The van der Waals surface area contributed by atoms with Gasteiger partial charge < -0.3 is 10.6 Å². The van der Waals surface area contributed by atoms with Crippen molar-refractivity contribution in [1.29, 1.82) is 0 Å². The molecule has 0 aliphatic heterocycles. The first-order chi connectivity index (χ1) is 9.13. The highest BCUT2D eigenvalue weighted by atomic mass is 79.9. The van der Waals surface area contributed by atoms with Crippen molar-refractivity contribution in [3.05, 3.63) is 58.6 Å². The van der Waals surface area contributed by atoms with Crippen LogP contribution in [0.5, 0.6) is 0 Å². The fourth-order valence-electron chi connectivity index (χ4n) is 1.68. The van der Waals surface area contributed by atoms with Crippen molar-refractivity contribution in [3.63, 3.8) is 0 Å². The van der Waals surface area contributed by atoms with Crippen LogP contribution in [0.25, 0.3) is 0 Å². The molecule has 0 atom stereocenters. The van der Waals surface area contributed by atoms with Gasteiger partial charge in [-0.2, -0.15) is 0 Å². The lowest BCUT2D eigenvalue weighted by Gasteiger charge is -2.08. The van der Waals surface area contributed by atoms with E-state index in [0.29, 0.717) is 0 Å². The molecule has 19 heavy (non-hydrogen) atoms. The highest BCUT2D eigenvalue weighted by Crippen LogP contribution is 2.16. The lowest BCUT2D eigenvalue weighted by Crippen LogP contribution is -2.06. The van der Waals surface area contributed by atoms with Crippen LogP contribution in [0.15, 0.2) is 53.0 Å². The summed E-state index contributed by atoms with van der Waals surface area (Å²) >= 11 is 3.41. The molecular formula is C15H15BrN2O. The van der Waals surface area contributed by atoms with Crippen LogP contribution in [0.4, 0.5) is 11.4 Å². The number of nitrogens with one attached hydrogen (secondary N) is 2. The quantitative estimate of drug-likeness (QED) is 0.894. The molecule has 0 heterocycles. The third-order valence-corrected chi connectivity index (χ3v) is 3.14. The number of carbonyl (C=O) groups excluding carboxylic acids is 1. The zero-order valence-electron chi connectivity index (χ0n) is 10.6. The number of anilines is 2. The van der Waals surface area contributed by atoms with Crippen LogP contribution in [0, 0.1) is 0 Å². The Morgan fingerprint density at radius 1 is 1.00 bits per heavy atom. The number of amides is 1. The number of halogens is 1. The molecule has 2 aromatic rings. The van der Waals surface area contributed by atoms with Crippen LogP contribution in [0.2, 0.25) is 0 Å². The second-order valence-electron chi connectivity index (χ2n) is 4.24. The van der Waals surface area contributed by atoms with E-state index >= 15 is 0 Å². The fourth-order valence-corrected chi connectivity index (χ4v) is 1.95. The average molecular weight is 319 g/mol. The summed E-state index contributed by atoms with van der Waals surface area (Å²) in [6, 6.07) is 15.9. The first-order valence-corrected chi connectivity index (χ1v) is 6.79. The van der Waals surface area contributed by atoms with Crippen molar-refractivity contribution >= 4 is 33.2 Å². The summed E-state index contributed by atoms with van der Waals surface area (Å²) in [5.41, 5.74) is 3.06. The van der Waals surface area contributed by atoms with Crippen LogP contribution < -0.4 is 10.6 Å². The van der Waals surface area contributed by atoms with E-state index in [2.05, 4.69) is 26.6 Å². The van der Waals surface area contributed by atoms with E-state index in [0.717, 1.165) is 28.0 Å². The van der Waals surface area contributed by atoms with Crippen LogP contribution in [0.1, 0.15) is 12.5 Å². The van der Waals surface area contributed by atoms with Gasteiger partial charge in [0.25, 0.3) is 0 Å². The molecule has 2 N–H and O–H groups in total. The number of benzene rings is 2. The van der Waals surface area contributed by atoms with Gasteiger partial charge in [0, 0.05) is 29.3 Å². The van der Waals surface area contributed by atoms with Crippen molar-refractivity contribution in [3.8, 4) is 0 Å². The monoisotopic (exact) mass is 318 g/mol. The first kappa shape index (κ1) is 13.6.